The number of benzene rings is 2. The molecule has 5 nitrogen and oxygen atoms in total. The third-order valence-electron chi connectivity index (χ3n) is 3.98. The minimum atomic E-state index is -0.833. The molecule has 0 saturated heterocycles. The van der Waals surface area contributed by atoms with Crippen molar-refractivity contribution < 1.29 is 19.1 Å². The predicted octanol–water partition coefficient (Wildman–Crippen LogP) is 2.41. The van der Waals surface area contributed by atoms with Gasteiger partial charge in [-0.2, -0.15) is 0 Å². The number of halogens is 1. The molecular weight excluding hydrogens is 335 g/mol. The molecule has 2 aromatic rings. The van der Waals surface area contributed by atoms with Crippen molar-refractivity contribution in [3.05, 3.63) is 71.5 Å². The van der Waals surface area contributed by atoms with E-state index in [1.807, 2.05) is 6.07 Å². The summed E-state index contributed by atoms with van der Waals surface area (Å²) in [6, 6.07) is 14.0. The summed E-state index contributed by atoms with van der Waals surface area (Å²) in [4.78, 5) is 26.8. The van der Waals surface area contributed by atoms with Gasteiger partial charge < -0.3 is 15.3 Å². The molecule has 2 N–H and O–H groups in total. The third-order valence-corrected chi connectivity index (χ3v) is 3.98. The maximum absolute atomic E-state index is 13.2. The minimum absolute atomic E-state index is 0.104. The molecule has 2 amide bonds. The Labute approximate surface area is 152 Å². The van der Waals surface area contributed by atoms with E-state index in [1.165, 1.54) is 17.0 Å². The molecule has 0 aliphatic rings. The average Bonchev–Trinajstić information content (AvgIpc) is 2.67. The highest BCUT2D eigenvalue weighted by molar-refractivity contribution is 5.88. The van der Waals surface area contributed by atoms with Crippen LogP contribution in [0.5, 0.6) is 0 Å². The maximum Gasteiger partial charge on any atom is 0.247 e. The SMILES string of the molecule is CCC(=O)N(Cc1ccc(F)cc1)C(C(=O)NCCO)c1ccccc1. The van der Waals surface area contributed by atoms with Gasteiger partial charge in [-0.25, -0.2) is 4.39 Å². The van der Waals surface area contributed by atoms with E-state index in [2.05, 4.69) is 5.32 Å². The van der Waals surface area contributed by atoms with E-state index in [-0.39, 0.29) is 43.7 Å². The molecule has 0 aliphatic heterocycles. The zero-order valence-corrected chi connectivity index (χ0v) is 14.7. The summed E-state index contributed by atoms with van der Waals surface area (Å²) in [6.07, 6.45) is 0.234. The first-order valence-corrected chi connectivity index (χ1v) is 8.54. The molecule has 0 spiro atoms. The Morgan fingerprint density at radius 3 is 2.35 bits per heavy atom. The van der Waals surface area contributed by atoms with Gasteiger partial charge in [0.05, 0.1) is 6.61 Å². The smallest absolute Gasteiger partial charge is 0.247 e. The first-order chi connectivity index (χ1) is 12.6. The Balaban J connectivity index is 2.38. The molecule has 0 radical (unpaired) electrons. The van der Waals surface area contributed by atoms with Crippen molar-refractivity contribution in [2.45, 2.75) is 25.9 Å². The lowest BCUT2D eigenvalue weighted by Crippen LogP contribution is -2.43. The quantitative estimate of drug-likeness (QED) is 0.761. The molecule has 1 atom stereocenters. The number of hydrogen-bond acceptors (Lipinski definition) is 3. The van der Waals surface area contributed by atoms with Crippen molar-refractivity contribution in [1.29, 1.82) is 0 Å². The monoisotopic (exact) mass is 358 g/mol. The van der Waals surface area contributed by atoms with Gasteiger partial charge in [-0.05, 0) is 23.3 Å². The molecule has 26 heavy (non-hydrogen) atoms. The van der Waals surface area contributed by atoms with Crippen LogP contribution >= 0.6 is 0 Å². The Morgan fingerprint density at radius 1 is 1.12 bits per heavy atom. The number of rotatable bonds is 8. The molecule has 2 aromatic carbocycles. The predicted molar refractivity (Wildman–Crippen MR) is 96.5 cm³/mol. The van der Waals surface area contributed by atoms with Gasteiger partial charge >= 0.3 is 0 Å². The molecule has 0 bridgehead atoms. The second-order valence-electron chi connectivity index (χ2n) is 5.83. The molecule has 0 aliphatic carbocycles. The molecular formula is C20H23FN2O3. The van der Waals surface area contributed by atoms with Gasteiger partial charge in [0.15, 0.2) is 0 Å². The van der Waals surface area contributed by atoms with E-state index in [4.69, 9.17) is 5.11 Å². The molecule has 1 unspecified atom stereocenters. The van der Waals surface area contributed by atoms with Crippen LogP contribution in [0.15, 0.2) is 54.6 Å². The largest absolute Gasteiger partial charge is 0.395 e. The van der Waals surface area contributed by atoms with Gasteiger partial charge in [0.2, 0.25) is 11.8 Å². The van der Waals surface area contributed by atoms with Gasteiger partial charge in [0.1, 0.15) is 11.9 Å². The van der Waals surface area contributed by atoms with E-state index in [0.29, 0.717) is 5.56 Å². The maximum atomic E-state index is 13.2. The molecule has 0 saturated carbocycles. The second kappa shape index (κ2) is 9.68. The van der Waals surface area contributed by atoms with Crippen LogP contribution in [0.1, 0.15) is 30.5 Å². The topological polar surface area (TPSA) is 69.6 Å². The number of hydrogen-bond donors (Lipinski definition) is 2. The van der Waals surface area contributed by atoms with Crippen LogP contribution in [0, 0.1) is 5.82 Å². The molecule has 0 aromatic heterocycles. The van der Waals surface area contributed by atoms with Crippen LogP contribution in [0.4, 0.5) is 4.39 Å². The van der Waals surface area contributed by atoms with Crippen LogP contribution in [-0.4, -0.2) is 35.0 Å². The first kappa shape index (κ1) is 19.6. The van der Waals surface area contributed by atoms with Crippen molar-refractivity contribution >= 4 is 11.8 Å². The van der Waals surface area contributed by atoms with Crippen LogP contribution in [0.2, 0.25) is 0 Å². The number of nitrogens with one attached hydrogen (secondary N) is 1. The summed E-state index contributed by atoms with van der Waals surface area (Å²) in [5.74, 6) is -0.918. The lowest BCUT2D eigenvalue weighted by molar-refractivity contribution is -0.141. The van der Waals surface area contributed by atoms with Crippen LogP contribution in [0.3, 0.4) is 0 Å². The third kappa shape index (κ3) is 5.13. The van der Waals surface area contributed by atoms with E-state index in [0.717, 1.165) is 5.56 Å². The highest BCUT2D eigenvalue weighted by Gasteiger charge is 2.30. The van der Waals surface area contributed by atoms with Crippen molar-refractivity contribution in [3.63, 3.8) is 0 Å². The van der Waals surface area contributed by atoms with E-state index < -0.39 is 6.04 Å². The van der Waals surface area contributed by atoms with Crippen LogP contribution in [0.25, 0.3) is 0 Å². The van der Waals surface area contributed by atoms with Crippen molar-refractivity contribution in [1.82, 2.24) is 10.2 Å². The van der Waals surface area contributed by atoms with E-state index in [1.54, 1.807) is 43.3 Å². The van der Waals surface area contributed by atoms with Crippen LogP contribution in [-0.2, 0) is 16.1 Å². The van der Waals surface area contributed by atoms with Gasteiger partial charge in [-0.3, -0.25) is 9.59 Å². The fourth-order valence-electron chi connectivity index (χ4n) is 2.70. The lowest BCUT2D eigenvalue weighted by atomic mass is 10.0. The van der Waals surface area contributed by atoms with Gasteiger partial charge in [-0.15, -0.1) is 0 Å². The van der Waals surface area contributed by atoms with Crippen molar-refractivity contribution in [2.24, 2.45) is 0 Å². The van der Waals surface area contributed by atoms with E-state index >= 15 is 0 Å². The zero-order valence-electron chi connectivity index (χ0n) is 14.7. The zero-order chi connectivity index (χ0) is 18.9. The Hall–Kier alpha value is -2.73. The molecule has 0 heterocycles. The summed E-state index contributed by atoms with van der Waals surface area (Å²) >= 11 is 0. The fraction of sp³-hybridized carbons (Fsp3) is 0.300. The Kier molecular flexibility index (Phi) is 7.29. The molecule has 0 fully saturated rings. The first-order valence-electron chi connectivity index (χ1n) is 8.54. The standard InChI is InChI=1S/C20H23FN2O3/c1-2-18(25)23(14-15-8-10-17(21)11-9-15)19(20(26)22-12-13-24)16-6-4-3-5-7-16/h3-11,19,24H,2,12-14H2,1H3,(H,22,26). The summed E-state index contributed by atoms with van der Waals surface area (Å²) in [6.45, 7) is 1.83. The number of aliphatic hydroxyl groups is 1. The van der Waals surface area contributed by atoms with Crippen molar-refractivity contribution in [3.8, 4) is 0 Å². The minimum Gasteiger partial charge on any atom is -0.395 e. The van der Waals surface area contributed by atoms with Crippen LogP contribution < -0.4 is 5.32 Å². The fourth-order valence-corrected chi connectivity index (χ4v) is 2.70. The lowest BCUT2D eigenvalue weighted by Gasteiger charge is -2.31. The average molecular weight is 358 g/mol. The summed E-state index contributed by atoms with van der Waals surface area (Å²) in [7, 11) is 0. The normalized spacial score (nSPS) is 11.7. The number of carbonyl (C=O) groups is 2. The summed E-state index contributed by atoms with van der Waals surface area (Å²) in [5, 5.41) is 11.6. The Bertz CT molecular complexity index is 720. The number of nitrogens with zero attached hydrogens (tertiary/aromatic N) is 1. The highest BCUT2D eigenvalue weighted by atomic mass is 19.1. The number of aliphatic hydroxyl groups excluding tert-OH is 1. The van der Waals surface area contributed by atoms with Gasteiger partial charge in [0, 0.05) is 19.5 Å². The highest BCUT2D eigenvalue weighted by Crippen LogP contribution is 2.24. The second-order valence-corrected chi connectivity index (χ2v) is 5.83. The van der Waals surface area contributed by atoms with Gasteiger partial charge in [-0.1, -0.05) is 49.4 Å². The molecule has 6 heteroatoms. The van der Waals surface area contributed by atoms with Gasteiger partial charge in [0.25, 0.3) is 0 Å². The summed E-state index contributed by atoms with van der Waals surface area (Å²) in [5.41, 5.74) is 1.40. The van der Waals surface area contributed by atoms with Crippen molar-refractivity contribution in [2.75, 3.05) is 13.2 Å². The number of carbonyl (C=O) groups excluding carboxylic acids is 2. The Morgan fingerprint density at radius 2 is 1.77 bits per heavy atom. The summed E-state index contributed by atoms with van der Waals surface area (Å²) < 4.78 is 13.2. The number of amides is 2. The molecule has 2 rings (SSSR count). The van der Waals surface area contributed by atoms with E-state index in [9.17, 15) is 14.0 Å². The molecule has 138 valence electrons.